The van der Waals surface area contributed by atoms with Crippen molar-refractivity contribution in [3.8, 4) is 0 Å². The minimum Gasteiger partial charge on any atom is -0.457 e. The lowest BCUT2D eigenvalue weighted by Crippen LogP contribution is -2.26. The maximum atomic E-state index is 12.1. The summed E-state index contributed by atoms with van der Waals surface area (Å²) in [4.78, 5) is 13.7. The number of carbonyl (C=O) groups excluding carboxylic acids is 1. The lowest BCUT2D eigenvalue weighted by atomic mass is 10.2. The number of hydrogen-bond donors (Lipinski definition) is 0. The van der Waals surface area contributed by atoms with Crippen LogP contribution in [0.4, 0.5) is 0 Å². The largest absolute Gasteiger partial charge is 0.457 e. The standard InChI is InChI=1S/C13H11BrClNO2/c1-16(8-9-2-4-10(15)5-3-9)13(17)11-6-7-18-12(11)14/h2-7H,8H2,1H3. The van der Waals surface area contributed by atoms with Gasteiger partial charge >= 0.3 is 0 Å². The predicted octanol–water partition coefficient (Wildman–Crippen LogP) is 3.97. The van der Waals surface area contributed by atoms with Gasteiger partial charge in [-0.2, -0.15) is 0 Å². The molecule has 0 aliphatic rings. The van der Waals surface area contributed by atoms with Crippen molar-refractivity contribution >= 4 is 33.4 Å². The fourth-order valence-electron chi connectivity index (χ4n) is 1.59. The topological polar surface area (TPSA) is 33.5 Å². The molecule has 0 aliphatic heterocycles. The molecule has 0 saturated carbocycles. The van der Waals surface area contributed by atoms with E-state index < -0.39 is 0 Å². The quantitative estimate of drug-likeness (QED) is 0.854. The summed E-state index contributed by atoms with van der Waals surface area (Å²) in [5.74, 6) is -0.0921. The Labute approximate surface area is 118 Å². The number of hydrogen-bond acceptors (Lipinski definition) is 2. The molecule has 2 aromatic rings. The van der Waals surface area contributed by atoms with E-state index in [1.165, 1.54) is 6.26 Å². The van der Waals surface area contributed by atoms with E-state index in [2.05, 4.69) is 15.9 Å². The zero-order valence-electron chi connectivity index (χ0n) is 9.69. The van der Waals surface area contributed by atoms with Crippen LogP contribution in [0, 0.1) is 0 Å². The molecule has 0 saturated heterocycles. The fraction of sp³-hybridized carbons (Fsp3) is 0.154. The maximum absolute atomic E-state index is 12.1. The monoisotopic (exact) mass is 327 g/mol. The first-order valence-electron chi connectivity index (χ1n) is 5.31. The lowest BCUT2D eigenvalue weighted by Gasteiger charge is -2.16. The van der Waals surface area contributed by atoms with Gasteiger partial charge in [0.2, 0.25) is 0 Å². The molecule has 5 heteroatoms. The Morgan fingerprint density at radius 3 is 2.56 bits per heavy atom. The Morgan fingerprint density at radius 1 is 1.33 bits per heavy atom. The van der Waals surface area contributed by atoms with E-state index in [0.29, 0.717) is 21.8 Å². The molecule has 3 nitrogen and oxygen atoms in total. The molecule has 18 heavy (non-hydrogen) atoms. The van der Waals surface area contributed by atoms with Gasteiger partial charge in [0.15, 0.2) is 4.67 Å². The van der Waals surface area contributed by atoms with Crippen LogP contribution in [0.2, 0.25) is 5.02 Å². The summed E-state index contributed by atoms with van der Waals surface area (Å²) < 4.78 is 5.51. The van der Waals surface area contributed by atoms with E-state index >= 15 is 0 Å². The summed E-state index contributed by atoms with van der Waals surface area (Å²) in [6.07, 6.45) is 1.48. The second kappa shape index (κ2) is 5.59. The number of nitrogens with zero attached hydrogens (tertiary/aromatic N) is 1. The van der Waals surface area contributed by atoms with E-state index in [0.717, 1.165) is 5.56 Å². The smallest absolute Gasteiger partial charge is 0.258 e. The molecule has 1 aromatic carbocycles. The minimum atomic E-state index is -0.0921. The van der Waals surface area contributed by atoms with Crippen molar-refractivity contribution in [3.05, 3.63) is 57.4 Å². The molecule has 0 aliphatic carbocycles. The summed E-state index contributed by atoms with van der Waals surface area (Å²) >= 11 is 9.01. The van der Waals surface area contributed by atoms with E-state index in [1.54, 1.807) is 18.0 Å². The van der Waals surface area contributed by atoms with Crippen molar-refractivity contribution in [2.75, 3.05) is 7.05 Å². The molecule has 0 unspecified atom stereocenters. The van der Waals surface area contributed by atoms with Gasteiger partial charge in [-0.3, -0.25) is 4.79 Å². The normalized spacial score (nSPS) is 10.4. The second-order valence-electron chi connectivity index (χ2n) is 3.90. The Morgan fingerprint density at radius 2 is 2.00 bits per heavy atom. The van der Waals surface area contributed by atoms with Gasteiger partial charge in [0.05, 0.1) is 11.8 Å². The molecule has 0 radical (unpaired) electrons. The summed E-state index contributed by atoms with van der Waals surface area (Å²) in [6, 6.07) is 9.06. The molecule has 0 atom stereocenters. The highest BCUT2D eigenvalue weighted by molar-refractivity contribution is 9.10. The third-order valence-corrected chi connectivity index (χ3v) is 3.39. The zero-order chi connectivity index (χ0) is 13.1. The van der Waals surface area contributed by atoms with Crippen LogP contribution in [0.3, 0.4) is 0 Å². The Bertz CT molecular complexity index is 550. The van der Waals surface area contributed by atoms with E-state index in [4.69, 9.17) is 16.0 Å². The van der Waals surface area contributed by atoms with Gasteiger partial charge < -0.3 is 9.32 Å². The van der Waals surface area contributed by atoms with Crippen molar-refractivity contribution < 1.29 is 9.21 Å². The van der Waals surface area contributed by atoms with Gasteiger partial charge in [-0.25, -0.2) is 0 Å². The van der Waals surface area contributed by atoms with Crippen molar-refractivity contribution in [1.29, 1.82) is 0 Å². The van der Waals surface area contributed by atoms with E-state index in [-0.39, 0.29) is 5.91 Å². The highest BCUT2D eigenvalue weighted by Gasteiger charge is 2.17. The molecule has 1 heterocycles. The van der Waals surface area contributed by atoms with Crippen LogP contribution in [0.5, 0.6) is 0 Å². The van der Waals surface area contributed by atoms with Crippen LogP contribution in [0.1, 0.15) is 15.9 Å². The van der Waals surface area contributed by atoms with Crippen LogP contribution in [0.25, 0.3) is 0 Å². The van der Waals surface area contributed by atoms with Crippen molar-refractivity contribution in [1.82, 2.24) is 4.90 Å². The minimum absolute atomic E-state index is 0.0921. The van der Waals surface area contributed by atoms with Crippen LogP contribution < -0.4 is 0 Å². The highest BCUT2D eigenvalue weighted by Crippen LogP contribution is 2.20. The predicted molar refractivity (Wildman–Crippen MR) is 73.7 cm³/mol. The first-order chi connectivity index (χ1) is 8.58. The number of carbonyl (C=O) groups is 1. The SMILES string of the molecule is CN(Cc1ccc(Cl)cc1)C(=O)c1ccoc1Br. The first-order valence-corrected chi connectivity index (χ1v) is 6.48. The van der Waals surface area contributed by atoms with E-state index in [9.17, 15) is 4.79 Å². The number of rotatable bonds is 3. The summed E-state index contributed by atoms with van der Waals surface area (Å²) in [5, 5.41) is 0.685. The van der Waals surface area contributed by atoms with Gasteiger partial charge in [-0.05, 0) is 39.7 Å². The summed E-state index contributed by atoms with van der Waals surface area (Å²) in [5.41, 5.74) is 1.54. The molecule has 2 rings (SSSR count). The van der Waals surface area contributed by atoms with Gasteiger partial charge in [-0.15, -0.1) is 0 Å². The number of benzene rings is 1. The molecule has 94 valence electrons. The summed E-state index contributed by atoms with van der Waals surface area (Å²) in [7, 11) is 1.75. The van der Waals surface area contributed by atoms with Crippen molar-refractivity contribution in [2.45, 2.75) is 6.54 Å². The fourth-order valence-corrected chi connectivity index (χ4v) is 2.12. The van der Waals surface area contributed by atoms with Gasteiger partial charge in [0.25, 0.3) is 5.91 Å². The Hall–Kier alpha value is -1.26. The van der Waals surface area contributed by atoms with Gasteiger partial charge in [0, 0.05) is 18.6 Å². The molecule has 0 fully saturated rings. The van der Waals surface area contributed by atoms with E-state index in [1.807, 2.05) is 24.3 Å². The number of furan rings is 1. The third-order valence-electron chi connectivity index (χ3n) is 2.53. The zero-order valence-corrected chi connectivity index (χ0v) is 12.0. The average Bonchev–Trinajstić information content (AvgIpc) is 2.77. The Balaban J connectivity index is 2.08. The molecule has 1 amide bonds. The molecule has 1 aromatic heterocycles. The lowest BCUT2D eigenvalue weighted by molar-refractivity contribution is 0.0783. The van der Waals surface area contributed by atoms with Crippen molar-refractivity contribution in [3.63, 3.8) is 0 Å². The molecular weight excluding hydrogens is 318 g/mol. The van der Waals surface area contributed by atoms with Gasteiger partial charge in [0.1, 0.15) is 0 Å². The number of amides is 1. The van der Waals surface area contributed by atoms with Crippen LogP contribution >= 0.6 is 27.5 Å². The molecule has 0 bridgehead atoms. The molecule has 0 N–H and O–H groups in total. The van der Waals surface area contributed by atoms with Crippen LogP contribution in [0.15, 0.2) is 45.7 Å². The first kappa shape index (κ1) is 13.2. The molecule has 0 spiro atoms. The van der Waals surface area contributed by atoms with Crippen LogP contribution in [-0.2, 0) is 6.54 Å². The second-order valence-corrected chi connectivity index (χ2v) is 5.05. The molecular formula is C13H11BrClNO2. The third kappa shape index (κ3) is 2.94. The highest BCUT2D eigenvalue weighted by atomic mass is 79.9. The number of halogens is 2. The van der Waals surface area contributed by atoms with Gasteiger partial charge in [-0.1, -0.05) is 23.7 Å². The Kier molecular flexibility index (Phi) is 4.09. The maximum Gasteiger partial charge on any atom is 0.258 e. The van der Waals surface area contributed by atoms with Crippen LogP contribution in [-0.4, -0.2) is 17.9 Å². The summed E-state index contributed by atoms with van der Waals surface area (Å²) in [6.45, 7) is 0.521. The van der Waals surface area contributed by atoms with Crippen molar-refractivity contribution in [2.24, 2.45) is 0 Å². The average molecular weight is 329 g/mol.